The number of primary sulfonamides is 1. The molecule has 0 amide bonds. The molecule has 102 valence electrons. The van der Waals surface area contributed by atoms with E-state index < -0.39 is 21.8 Å². The summed E-state index contributed by atoms with van der Waals surface area (Å²) in [6, 6.07) is 5.39. The van der Waals surface area contributed by atoms with Crippen molar-refractivity contribution >= 4 is 10.0 Å². The topological polar surface area (TPSA) is 78.0 Å². The van der Waals surface area contributed by atoms with Crippen molar-refractivity contribution in [3.8, 4) is 5.69 Å². The van der Waals surface area contributed by atoms with Crippen LogP contribution >= 0.6 is 0 Å². The minimum atomic E-state index is -4.55. The largest absolute Gasteiger partial charge is 0.419 e. The number of hydrogen-bond acceptors (Lipinski definition) is 3. The van der Waals surface area contributed by atoms with Gasteiger partial charge in [-0.05, 0) is 12.1 Å². The average molecular weight is 291 g/mol. The molecule has 0 saturated carbocycles. The lowest BCUT2D eigenvalue weighted by Gasteiger charge is -2.07. The van der Waals surface area contributed by atoms with E-state index in [2.05, 4.69) is 5.10 Å². The normalized spacial score (nSPS) is 12.6. The Morgan fingerprint density at radius 3 is 2.37 bits per heavy atom. The Hall–Kier alpha value is -1.87. The van der Waals surface area contributed by atoms with Crippen LogP contribution in [0.3, 0.4) is 0 Å². The van der Waals surface area contributed by atoms with Gasteiger partial charge in [-0.3, -0.25) is 0 Å². The van der Waals surface area contributed by atoms with Crippen molar-refractivity contribution in [3.05, 3.63) is 42.2 Å². The molecule has 5 nitrogen and oxygen atoms in total. The van der Waals surface area contributed by atoms with Gasteiger partial charge in [-0.1, -0.05) is 12.1 Å². The molecular weight excluding hydrogens is 283 g/mol. The summed E-state index contributed by atoms with van der Waals surface area (Å²) < 4.78 is 60.9. The number of alkyl halides is 3. The fraction of sp³-hybridized carbons (Fsp3) is 0.100. The fourth-order valence-electron chi connectivity index (χ4n) is 1.49. The number of rotatable bonds is 2. The van der Waals surface area contributed by atoms with E-state index >= 15 is 0 Å². The van der Waals surface area contributed by atoms with E-state index in [1.54, 1.807) is 0 Å². The highest BCUT2D eigenvalue weighted by Crippen LogP contribution is 2.29. The number of para-hydroxylation sites is 1. The quantitative estimate of drug-likeness (QED) is 0.911. The Bertz CT molecular complexity index is 707. The Morgan fingerprint density at radius 1 is 1.21 bits per heavy atom. The summed E-state index contributed by atoms with van der Waals surface area (Å²) in [6.45, 7) is 0. The van der Waals surface area contributed by atoms with Gasteiger partial charge in [-0.2, -0.15) is 18.3 Å². The highest BCUT2D eigenvalue weighted by molar-refractivity contribution is 7.89. The highest BCUT2D eigenvalue weighted by atomic mass is 32.2. The van der Waals surface area contributed by atoms with Gasteiger partial charge >= 0.3 is 6.18 Å². The molecule has 0 radical (unpaired) electrons. The smallest absolute Gasteiger partial charge is 0.239 e. The zero-order chi connectivity index (χ0) is 14.3. The number of halogens is 3. The third-order valence-corrected chi connectivity index (χ3v) is 3.29. The summed E-state index contributed by atoms with van der Waals surface area (Å²) in [5, 5.41) is 8.50. The molecule has 0 aliphatic rings. The highest BCUT2D eigenvalue weighted by Gasteiger charge is 2.32. The van der Waals surface area contributed by atoms with E-state index in [0.29, 0.717) is 12.4 Å². The monoisotopic (exact) mass is 291 g/mol. The number of nitrogens with two attached hydrogens (primary N) is 1. The molecule has 0 bridgehead atoms. The van der Waals surface area contributed by atoms with Crippen molar-refractivity contribution < 1.29 is 21.6 Å². The van der Waals surface area contributed by atoms with Crippen molar-refractivity contribution in [2.24, 2.45) is 5.14 Å². The first-order chi connectivity index (χ1) is 8.69. The van der Waals surface area contributed by atoms with Gasteiger partial charge < -0.3 is 0 Å². The van der Waals surface area contributed by atoms with Crippen LogP contribution < -0.4 is 5.14 Å². The summed E-state index contributed by atoms with van der Waals surface area (Å²) >= 11 is 0. The van der Waals surface area contributed by atoms with Gasteiger partial charge in [0.15, 0.2) is 0 Å². The van der Waals surface area contributed by atoms with Crippen molar-refractivity contribution in [2.75, 3.05) is 0 Å². The number of benzene rings is 1. The minimum Gasteiger partial charge on any atom is -0.239 e. The summed E-state index contributed by atoms with van der Waals surface area (Å²) in [5.41, 5.74) is -1.02. The maximum absolute atomic E-state index is 12.5. The van der Waals surface area contributed by atoms with Gasteiger partial charge in [-0.25, -0.2) is 18.2 Å². The molecule has 0 aliphatic heterocycles. The minimum absolute atomic E-state index is 0.0412. The second kappa shape index (κ2) is 4.35. The molecule has 2 rings (SSSR count). The third-order valence-electron chi connectivity index (χ3n) is 2.33. The molecule has 0 unspecified atom stereocenters. The van der Waals surface area contributed by atoms with Crippen molar-refractivity contribution in [2.45, 2.75) is 11.1 Å². The Balaban J connectivity index is 2.58. The van der Waals surface area contributed by atoms with Gasteiger partial charge in [0.25, 0.3) is 0 Å². The lowest BCUT2D eigenvalue weighted by Crippen LogP contribution is -2.15. The van der Waals surface area contributed by atoms with Crippen LogP contribution in [0.15, 0.2) is 41.6 Å². The lowest BCUT2D eigenvalue weighted by molar-refractivity contribution is -0.137. The first kappa shape index (κ1) is 13.6. The van der Waals surface area contributed by atoms with Gasteiger partial charge in [-0.15, -0.1) is 0 Å². The van der Waals surface area contributed by atoms with Gasteiger partial charge in [0.2, 0.25) is 10.0 Å². The summed E-state index contributed by atoms with van der Waals surface area (Å²) in [7, 11) is -4.05. The molecular formula is C10H8F3N3O2S. The zero-order valence-corrected chi connectivity index (χ0v) is 10.1. The average Bonchev–Trinajstić information content (AvgIpc) is 2.76. The number of aromatic nitrogens is 2. The molecule has 1 heterocycles. The number of nitrogens with zero attached hydrogens (tertiary/aromatic N) is 2. The second-order valence-corrected chi connectivity index (χ2v) is 5.21. The van der Waals surface area contributed by atoms with E-state index in [1.165, 1.54) is 24.3 Å². The predicted molar refractivity (Wildman–Crippen MR) is 59.9 cm³/mol. The summed E-state index contributed by atoms with van der Waals surface area (Å²) in [6.07, 6.45) is -3.24. The Labute approximate surface area is 106 Å². The van der Waals surface area contributed by atoms with Gasteiger partial charge in [0, 0.05) is 6.20 Å². The zero-order valence-electron chi connectivity index (χ0n) is 9.29. The molecule has 0 saturated heterocycles. The van der Waals surface area contributed by atoms with Crippen LogP contribution in [0.1, 0.15) is 5.56 Å². The number of sulfonamides is 1. The van der Waals surface area contributed by atoms with Crippen molar-refractivity contribution in [3.63, 3.8) is 0 Å². The van der Waals surface area contributed by atoms with E-state index in [1.807, 2.05) is 0 Å². The van der Waals surface area contributed by atoms with Crippen molar-refractivity contribution in [1.29, 1.82) is 0 Å². The van der Waals surface area contributed by atoms with E-state index in [-0.39, 0.29) is 10.6 Å². The third kappa shape index (κ3) is 2.76. The van der Waals surface area contributed by atoms with Crippen molar-refractivity contribution in [1.82, 2.24) is 9.78 Å². The summed E-state index contributed by atoms with van der Waals surface area (Å²) in [5.74, 6) is 0. The molecule has 2 N–H and O–H groups in total. The molecule has 1 aromatic heterocycles. The first-order valence-electron chi connectivity index (χ1n) is 4.93. The maximum atomic E-state index is 12.5. The molecule has 0 spiro atoms. The SMILES string of the molecule is NS(=O)(=O)c1ccccc1-n1cc(C(F)(F)F)cn1. The molecule has 9 heteroatoms. The van der Waals surface area contributed by atoms with E-state index in [0.717, 1.165) is 4.68 Å². The molecule has 0 aliphatic carbocycles. The fourth-order valence-corrected chi connectivity index (χ4v) is 2.21. The summed E-state index contributed by atoms with van der Waals surface area (Å²) in [4.78, 5) is -0.299. The molecule has 19 heavy (non-hydrogen) atoms. The van der Waals surface area contributed by atoms with Crippen LogP contribution in [0, 0.1) is 0 Å². The van der Waals surface area contributed by atoms with Crippen LogP contribution in [-0.4, -0.2) is 18.2 Å². The lowest BCUT2D eigenvalue weighted by atomic mass is 10.3. The molecule has 0 atom stereocenters. The van der Waals surface area contributed by atoms with Crippen LogP contribution in [0.25, 0.3) is 5.69 Å². The Kier molecular flexibility index (Phi) is 3.11. The van der Waals surface area contributed by atoms with Crippen LogP contribution in [0.5, 0.6) is 0 Å². The number of hydrogen-bond donors (Lipinski definition) is 1. The van der Waals surface area contributed by atoms with Crippen LogP contribution in [-0.2, 0) is 16.2 Å². The van der Waals surface area contributed by atoms with E-state index in [9.17, 15) is 21.6 Å². The van der Waals surface area contributed by atoms with Crippen LogP contribution in [0.2, 0.25) is 0 Å². The molecule has 0 fully saturated rings. The first-order valence-corrected chi connectivity index (χ1v) is 6.48. The van der Waals surface area contributed by atoms with Gasteiger partial charge in [0.1, 0.15) is 4.90 Å². The Morgan fingerprint density at radius 2 is 1.84 bits per heavy atom. The molecule has 1 aromatic carbocycles. The predicted octanol–water partition coefficient (Wildman–Crippen LogP) is 1.54. The van der Waals surface area contributed by atoms with E-state index in [4.69, 9.17) is 5.14 Å². The standard InChI is InChI=1S/C10H8F3N3O2S/c11-10(12,13)7-5-15-16(6-7)8-3-1-2-4-9(8)19(14,17)18/h1-6H,(H2,14,17,18). The maximum Gasteiger partial charge on any atom is 0.419 e. The molecule has 2 aromatic rings. The van der Waals surface area contributed by atoms with Gasteiger partial charge in [0.05, 0.1) is 17.4 Å². The van der Waals surface area contributed by atoms with Crippen LogP contribution in [0.4, 0.5) is 13.2 Å². The second-order valence-electron chi connectivity index (χ2n) is 3.68.